The summed E-state index contributed by atoms with van der Waals surface area (Å²) >= 11 is 6.01. The van der Waals surface area contributed by atoms with Crippen LogP contribution in [0.4, 0.5) is 0 Å². The standard InChI is InChI=1S/C17H15ClO2/c1-12-6-5-9-16(13(12)2)20-17(19)11-10-14-7-3-4-8-15(14)18/h3-11H,1-2H3/b11-10+. The number of hydrogen-bond acceptors (Lipinski definition) is 2. The van der Waals surface area contributed by atoms with Gasteiger partial charge in [-0.2, -0.15) is 0 Å². The first-order valence-electron chi connectivity index (χ1n) is 6.28. The van der Waals surface area contributed by atoms with Gasteiger partial charge < -0.3 is 4.74 Å². The fourth-order valence-corrected chi connectivity index (χ4v) is 1.94. The van der Waals surface area contributed by atoms with E-state index in [4.69, 9.17) is 16.3 Å². The summed E-state index contributed by atoms with van der Waals surface area (Å²) in [5.41, 5.74) is 2.84. The number of carbonyl (C=O) groups is 1. The highest BCUT2D eigenvalue weighted by Gasteiger charge is 2.05. The molecule has 0 amide bonds. The van der Waals surface area contributed by atoms with Gasteiger partial charge in [-0.15, -0.1) is 0 Å². The quantitative estimate of drug-likeness (QED) is 0.469. The second-order valence-corrected chi connectivity index (χ2v) is 4.88. The zero-order valence-electron chi connectivity index (χ0n) is 11.4. The molecule has 102 valence electrons. The van der Waals surface area contributed by atoms with Crippen LogP contribution >= 0.6 is 11.6 Å². The molecular weight excluding hydrogens is 272 g/mol. The van der Waals surface area contributed by atoms with Crippen LogP contribution in [0.2, 0.25) is 5.02 Å². The Morgan fingerprint density at radius 3 is 2.60 bits per heavy atom. The van der Waals surface area contributed by atoms with Crippen LogP contribution in [0.1, 0.15) is 16.7 Å². The van der Waals surface area contributed by atoms with E-state index in [0.717, 1.165) is 16.7 Å². The van der Waals surface area contributed by atoms with Crippen molar-refractivity contribution in [1.29, 1.82) is 0 Å². The molecule has 0 heterocycles. The minimum Gasteiger partial charge on any atom is -0.423 e. The van der Waals surface area contributed by atoms with Crippen LogP contribution in [-0.2, 0) is 4.79 Å². The van der Waals surface area contributed by atoms with Crippen LogP contribution in [0, 0.1) is 13.8 Å². The van der Waals surface area contributed by atoms with E-state index < -0.39 is 5.97 Å². The number of carbonyl (C=O) groups excluding carboxylic acids is 1. The van der Waals surface area contributed by atoms with E-state index in [2.05, 4.69) is 0 Å². The highest BCUT2D eigenvalue weighted by molar-refractivity contribution is 6.32. The van der Waals surface area contributed by atoms with E-state index in [9.17, 15) is 4.79 Å². The molecule has 20 heavy (non-hydrogen) atoms. The van der Waals surface area contributed by atoms with E-state index in [1.54, 1.807) is 18.2 Å². The SMILES string of the molecule is Cc1cccc(OC(=O)/C=C/c2ccccc2Cl)c1C. The molecule has 0 saturated carbocycles. The van der Waals surface area contributed by atoms with Gasteiger partial charge in [0.25, 0.3) is 0 Å². The van der Waals surface area contributed by atoms with Crippen LogP contribution < -0.4 is 4.74 Å². The molecular formula is C17H15ClO2. The van der Waals surface area contributed by atoms with Crippen molar-refractivity contribution in [3.05, 3.63) is 70.3 Å². The summed E-state index contributed by atoms with van der Waals surface area (Å²) in [5, 5.41) is 0.600. The average molecular weight is 287 g/mol. The van der Waals surface area contributed by atoms with E-state index in [-0.39, 0.29) is 0 Å². The van der Waals surface area contributed by atoms with Gasteiger partial charge in [0.1, 0.15) is 5.75 Å². The minimum absolute atomic E-state index is 0.418. The summed E-state index contributed by atoms with van der Waals surface area (Å²) in [5.74, 6) is 0.164. The summed E-state index contributed by atoms with van der Waals surface area (Å²) in [6.07, 6.45) is 3.03. The predicted octanol–water partition coefficient (Wildman–Crippen LogP) is 4.58. The Morgan fingerprint density at radius 2 is 1.85 bits per heavy atom. The first kappa shape index (κ1) is 14.4. The maximum absolute atomic E-state index is 11.8. The molecule has 2 aromatic carbocycles. The highest BCUT2D eigenvalue weighted by Crippen LogP contribution is 2.21. The Labute approximate surface area is 123 Å². The van der Waals surface area contributed by atoms with Gasteiger partial charge >= 0.3 is 5.97 Å². The molecule has 0 unspecified atom stereocenters. The second-order valence-electron chi connectivity index (χ2n) is 4.47. The van der Waals surface area contributed by atoms with Gasteiger partial charge in [-0.25, -0.2) is 4.79 Å². The van der Waals surface area contributed by atoms with Gasteiger partial charge in [0.15, 0.2) is 0 Å². The molecule has 2 aromatic rings. The molecule has 2 rings (SSSR count). The monoisotopic (exact) mass is 286 g/mol. The Bertz CT molecular complexity index is 660. The Balaban J connectivity index is 2.10. The Hall–Kier alpha value is -2.06. The van der Waals surface area contributed by atoms with E-state index in [1.165, 1.54) is 6.08 Å². The maximum Gasteiger partial charge on any atom is 0.336 e. The van der Waals surface area contributed by atoms with Crippen molar-refractivity contribution in [3.8, 4) is 5.75 Å². The fourth-order valence-electron chi connectivity index (χ4n) is 1.75. The van der Waals surface area contributed by atoms with E-state index >= 15 is 0 Å². The van der Waals surface area contributed by atoms with Gasteiger partial charge in [0.2, 0.25) is 0 Å². The molecule has 0 aliphatic carbocycles. The van der Waals surface area contributed by atoms with Crippen LogP contribution in [0.5, 0.6) is 5.75 Å². The van der Waals surface area contributed by atoms with Gasteiger partial charge in [-0.1, -0.05) is 41.9 Å². The molecule has 0 aliphatic rings. The topological polar surface area (TPSA) is 26.3 Å². The number of hydrogen-bond donors (Lipinski definition) is 0. The smallest absolute Gasteiger partial charge is 0.336 e. The molecule has 0 bridgehead atoms. The normalized spacial score (nSPS) is 10.8. The Morgan fingerprint density at radius 1 is 1.10 bits per heavy atom. The van der Waals surface area contributed by atoms with Crippen LogP contribution in [0.3, 0.4) is 0 Å². The lowest BCUT2D eigenvalue weighted by Crippen LogP contribution is -2.05. The third-order valence-electron chi connectivity index (χ3n) is 3.07. The first-order valence-corrected chi connectivity index (χ1v) is 6.66. The molecule has 2 nitrogen and oxygen atoms in total. The van der Waals surface area contributed by atoms with E-state index in [1.807, 2.05) is 44.2 Å². The van der Waals surface area contributed by atoms with Crippen molar-refractivity contribution in [3.63, 3.8) is 0 Å². The third kappa shape index (κ3) is 3.49. The van der Waals surface area contributed by atoms with Crippen LogP contribution in [0.25, 0.3) is 6.08 Å². The van der Waals surface area contributed by atoms with Crippen molar-refractivity contribution < 1.29 is 9.53 Å². The van der Waals surface area contributed by atoms with Crippen molar-refractivity contribution >= 4 is 23.6 Å². The van der Waals surface area contributed by atoms with Crippen molar-refractivity contribution in [2.75, 3.05) is 0 Å². The van der Waals surface area contributed by atoms with Crippen LogP contribution in [-0.4, -0.2) is 5.97 Å². The maximum atomic E-state index is 11.8. The molecule has 0 radical (unpaired) electrons. The Kier molecular flexibility index (Phi) is 4.59. The second kappa shape index (κ2) is 6.40. The lowest BCUT2D eigenvalue weighted by Gasteiger charge is -2.07. The van der Waals surface area contributed by atoms with E-state index in [0.29, 0.717) is 10.8 Å². The predicted molar refractivity (Wildman–Crippen MR) is 82.0 cm³/mol. The number of halogens is 1. The zero-order chi connectivity index (χ0) is 14.5. The lowest BCUT2D eigenvalue weighted by molar-refractivity contribution is -0.128. The molecule has 3 heteroatoms. The molecule has 0 atom stereocenters. The number of esters is 1. The third-order valence-corrected chi connectivity index (χ3v) is 3.41. The largest absolute Gasteiger partial charge is 0.423 e. The van der Waals surface area contributed by atoms with Gasteiger partial charge in [-0.3, -0.25) is 0 Å². The summed E-state index contributed by atoms with van der Waals surface area (Å²) in [4.78, 5) is 11.8. The summed E-state index contributed by atoms with van der Waals surface area (Å²) < 4.78 is 5.32. The van der Waals surface area contributed by atoms with Gasteiger partial charge in [0.05, 0.1) is 0 Å². The van der Waals surface area contributed by atoms with Crippen molar-refractivity contribution in [2.24, 2.45) is 0 Å². The molecule has 0 aliphatic heterocycles. The number of rotatable bonds is 3. The van der Waals surface area contributed by atoms with Crippen molar-refractivity contribution in [1.82, 2.24) is 0 Å². The number of ether oxygens (including phenoxy) is 1. The van der Waals surface area contributed by atoms with Gasteiger partial charge in [-0.05, 0) is 48.7 Å². The lowest BCUT2D eigenvalue weighted by atomic mass is 10.1. The molecule has 0 aromatic heterocycles. The summed E-state index contributed by atoms with van der Waals surface area (Å²) in [6.45, 7) is 3.90. The summed E-state index contributed by atoms with van der Waals surface area (Å²) in [7, 11) is 0. The summed E-state index contributed by atoms with van der Waals surface area (Å²) in [6, 6.07) is 12.9. The first-order chi connectivity index (χ1) is 9.58. The fraction of sp³-hybridized carbons (Fsp3) is 0.118. The molecule has 0 saturated heterocycles. The molecule has 0 N–H and O–H groups in total. The highest BCUT2D eigenvalue weighted by atomic mass is 35.5. The minimum atomic E-state index is -0.418. The van der Waals surface area contributed by atoms with Gasteiger partial charge in [0, 0.05) is 11.1 Å². The number of aryl methyl sites for hydroxylation is 1. The molecule has 0 fully saturated rings. The average Bonchev–Trinajstić information content (AvgIpc) is 2.43. The van der Waals surface area contributed by atoms with Crippen molar-refractivity contribution in [2.45, 2.75) is 13.8 Å². The molecule has 0 spiro atoms. The van der Waals surface area contributed by atoms with Crippen LogP contribution in [0.15, 0.2) is 48.5 Å². The zero-order valence-corrected chi connectivity index (χ0v) is 12.1. The number of benzene rings is 2.